The molecule has 0 unspecified atom stereocenters. The van der Waals surface area contributed by atoms with Gasteiger partial charge in [-0.05, 0) is 32.6 Å². The lowest BCUT2D eigenvalue weighted by molar-refractivity contribution is 0.143. The number of unbranched alkanes of at least 4 members (excludes halogenated alkanes) is 2. The molecule has 1 heteroatoms. The Morgan fingerprint density at radius 1 is 1.09 bits per heavy atom. The molecule has 0 aromatic carbocycles. The van der Waals surface area contributed by atoms with Gasteiger partial charge in [-0.2, -0.15) is 0 Å². The molecule has 0 aliphatic carbocycles. The average molecular weight is 156 g/mol. The maximum absolute atomic E-state index is 5.22. The minimum atomic E-state index is 0.852. The van der Waals surface area contributed by atoms with Crippen LogP contribution in [0.5, 0.6) is 0 Å². The van der Waals surface area contributed by atoms with Crippen molar-refractivity contribution in [3.63, 3.8) is 0 Å². The fraction of sp³-hybridized carbons (Fsp3) is 0.800. The van der Waals surface area contributed by atoms with Crippen LogP contribution in [0.4, 0.5) is 0 Å². The van der Waals surface area contributed by atoms with Crippen molar-refractivity contribution in [3.8, 4) is 0 Å². The third-order valence-corrected chi connectivity index (χ3v) is 1.52. The van der Waals surface area contributed by atoms with Crippen molar-refractivity contribution in [1.82, 2.24) is 0 Å². The van der Waals surface area contributed by atoms with Gasteiger partial charge in [0.25, 0.3) is 0 Å². The van der Waals surface area contributed by atoms with Gasteiger partial charge in [-0.15, -0.1) is 0 Å². The normalized spacial score (nSPS) is 11.1. The smallest absolute Gasteiger partial charge is 0.0466 e. The summed E-state index contributed by atoms with van der Waals surface area (Å²) in [6.45, 7) is 5.98. The molecule has 0 aliphatic heterocycles. The van der Waals surface area contributed by atoms with E-state index in [1.54, 1.807) is 0 Å². The Morgan fingerprint density at radius 2 is 1.91 bits per heavy atom. The highest BCUT2D eigenvalue weighted by atomic mass is 16.5. The first kappa shape index (κ1) is 10.7. The second-order valence-corrected chi connectivity index (χ2v) is 2.57. The van der Waals surface area contributed by atoms with Crippen LogP contribution in [0.15, 0.2) is 12.2 Å². The summed E-state index contributed by atoms with van der Waals surface area (Å²) in [5.74, 6) is 0. The zero-order valence-electron chi connectivity index (χ0n) is 7.81. The van der Waals surface area contributed by atoms with Gasteiger partial charge in [-0.25, -0.2) is 0 Å². The van der Waals surface area contributed by atoms with Crippen LogP contribution < -0.4 is 0 Å². The van der Waals surface area contributed by atoms with E-state index in [1.165, 1.54) is 19.3 Å². The number of hydrogen-bond acceptors (Lipinski definition) is 1. The molecule has 0 aromatic heterocycles. The monoisotopic (exact) mass is 156 g/mol. The van der Waals surface area contributed by atoms with E-state index in [-0.39, 0.29) is 0 Å². The van der Waals surface area contributed by atoms with E-state index >= 15 is 0 Å². The summed E-state index contributed by atoms with van der Waals surface area (Å²) in [6.07, 6.45) is 9.30. The Hall–Kier alpha value is -0.300. The first-order valence-electron chi connectivity index (χ1n) is 4.64. The first-order valence-corrected chi connectivity index (χ1v) is 4.64. The van der Waals surface area contributed by atoms with Crippen molar-refractivity contribution in [3.05, 3.63) is 12.2 Å². The van der Waals surface area contributed by atoms with Crippen LogP contribution in [-0.2, 0) is 4.74 Å². The van der Waals surface area contributed by atoms with Crippen LogP contribution in [0.25, 0.3) is 0 Å². The second kappa shape index (κ2) is 9.70. The number of rotatable bonds is 7. The second-order valence-electron chi connectivity index (χ2n) is 2.57. The highest BCUT2D eigenvalue weighted by molar-refractivity contribution is 4.79. The Morgan fingerprint density at radius 3 is 2.55 bits per heavy atom. The summed E-state index contributed by atoms with van der Waals surface area (Å²) in [5, 5.41) is 0. The molecule has 0 heterocycles. The average Bonchev–Trinajstić information content (AvgIpc) is 2.03. The Balaban J connectivity index is 2.85. The molecule has 66 valence electrons. The van der Waals surface area contributed by atoms with E-state index in [0.717, 1.165) is 19.6 Å². The van der Waals surface area contributed by atoms with Gasteiger partial charge >= 0.3 is 0 Å². The molecule has 0 saturated heterocycles. The van der Waals surface area contributed by atoms with E-state index < -0.39 is 0 Å². The molecule has 11 heavy (non-hydrogen) atoms. The van der Waals surface area contributed by atoms with Crippen LogP contribution in [0, 0.1) is 0 Å². The van der Waals surface area contributed by atoms with Gasteiger partial charge in [0.2, 0.25) is 0 Å². The fourth-order valence-corrected chi connectivity index (χ4v) is 0.895. The van der Waals surface area contributed by atoms with Crippen LogP contribution >= 0.6 is 0 Å². The molecule has 0 amide bonds. The van der Waals surface area contributed by atoms with Crippen molar-refractivity contribution < 1.29 is 4.74 Å². The molecule has 0 fully saturated rings. The third kappa shape index (κ3) is 9.70. The Bertz CT molecular complexity index is 86.9. The number of allylic oxidation sites excluding steroid dienone is 2. The van der Waals surface area contributed by atoms with E-state index in [9.17, 15) is 0 Å². The summed E-state index contributed by atoms with van der Waals surface area (Å²) in [7, 11) is 0. The molecular formula is C10H20O. The van der Waals surface area contributed by atoms with Gasteiger partial charge in [-0.1, -0.05) is 19.1 Å². The minimum absolute atomic E-state index is 0.852. The Kier molecular flexibility index (Phi) is 9.44. The van der Waals surface area contributed by atoms with E-state index in [1.807, 2.05) is 6.92 Å². The van der Waals surface area contributed by atoms with Crippen molar-refractivity contribution in [2.75, 3.05) is 13.2 Å². The molecule has 0 bridgehead atoms. The zero-order valence-corrected chi connectivity index (χ0v) is 7.81. The molecule has 0 aromatic rings. The minimum Gasteiger partial charge on any atom is -0.382 e. The van der Waals surface area contributed by atoms with Gasteiger partial charge in [0.05, 0.1) is 0 Å². The highest BCUT2D eigenvalue weighted by Gasteiger charge is 1.84. The topological polar surface area (TPSA) is 9.23 Å². The third-order valence-electron chi connectivity index (χ3n) is 1.52. The number of ether oxygens (including phenoxy) is 1. The summed E-state index contributed by atoms with van der Waals surface area (Å²) in [4.78, 5) is 0. The maximum Gasteiger partial charge on any atom is 0.0466 e. The summed E-state index contributed by atoms with van der Waals surface area (Å²) >= 11 is 0. The lowest BCUT2D eigenvalue weighted by Gasteiger charge is -1.97. The number of hydrogen-bond donors (Lipinski definition) is 0. The van der Waals surface area contributed by atoms with Gasteiger partial charge < -0.3 is 4.74 Å². The quantitative estimate of drug-likeness (QED) is 0.406. The van der Waals surface area contributed by atoms with E-state index in [4.69, 9.17) is 4.74 Å². The molecule has 0 rings (SSSR count). The predicted molar refractivity (Wildman–Crippen MR) is 49.8 cm³/mol. The van der Waals surface area contributed by atoms with Gasteiger partial charge in [0.15, 0.2) is 0 Å². The molecule has 0 radical (unpaired) electrons. The first-order chi connectivity index (χ1) is 5.41. The molecule has 0 atom stereocenters. The molecular weight excluding hydrogens is 136 g/mol. The Labute approximate surface area is 70.4 Å². The lowest BCUT2D eigenvalue weighted by atomic mass is 10.2. The molecule has 1 nitrogen and oxygen atoms in total. The lowest BCUT2D eigenvalue weighted by Crippen LogP contribution is -1.92. The van der Waals surface area contributed by atoms with E-state index in [0.29, 0.717) is 0 Å². The molecule has 0 aliphatic rings. The SMILES string of the molecule is CC/C=C\CCCCOCC. The van der Waals surface area contributed by atoms with Crippen LogP contribution in [-0.4, -0.2) is 13.2 Å². The van der Waals surface area contributed by atoms with Crippen LogP contribution in [0.3, 0.4) is 0 Å². The summed E-state index contributed by atoms with van der Waals surface area (Å²) < 4.78 is 5.22. The summed E-state index contributed by atoms with van der Waals surface area (Å²) in [5.41, 5.74) is 0. The van der Waals surface area contributed by atoms with Crippen molar-refractivity contribution in [2.45, 2.75) is 39.5 Å². The van der Waals surface area contributed by atoms with Crippen molar-refractivity contribution in [2.24, 2.45) is 0 Å². The molecule has 0 saturated carbocycles. The van der Waals surface area contributed by atoms with E-state index in [2.05, 4.69) is 19.1 Å². The largest absolute Gasteiger partial charge is 0.382 e. The van der Waals surface area contributed by atoms with Gasteiger partial charge in [0.1, 0.15) is 0 Å². The molecule has 0 N–H and O–H groups in total. The van der Waals surface area contributed by atoms with Crippen molar-refractivity contribution >= 4 is 0 Å². The van der Waals surface area contributed by atoms with Gasteiger partial charge in [-0.3, -0.25) is 0 Å². The fourth-order valence-electron chi connectivity index (χ4n) is 0.895. The molecule has 0 spiro atoms. The maximum atomic E-state index is 5.22. The standard InChI is InChI=1S/C10H20O/c1-3-5-6-7-8-9-10-11-4-2/h5-6H,3-4,7-10H2,1-2H3/b6-5-. The predicted octanol–water partition coefficient (Wildman–Crippen LogP) is 3.16. The highest BCUT2D eigenvalue weighted by Crippen LogP contribution is 1.97. The summed E-state index contributed by atoms with van der Waals surface area (Å²) in [6, 6.07) is 0. The van der Waals surface area contributed by atoms with Gasteiger partial charge in [0, 0.05) is 13.2 Å². The van der Waals surface area contributed by atoms with Crippen LogP contribution in [0.2, 0.25) is 0 Å². The zero-order chi connectivity index (χ0) is 8.36. The van der Waals surface area contributed by atoms with Crippen molar-refractivity contribution in [1.29, 1.82) is 0 Å². The van der Waals surface area contributed by atoms with Crippen LogP contribution in [0.1, 0.15) is 39.5 Å².